The van der Waals surface area contributed by atoms with Crippen molar-refractivity contribution in [1.82, 2.24) is 0 Å². The van der Waals surface area contributed by atoms with Crippen LogP contribution in [0.2, 0.25) is 0 Å². The molecule has 18 heavy (non-hydrogen) atoms. The minimum Gasteiger partial charge on any atom is -0.478 e. The zero-order valence-electron chi connectivity index (χ0n) is 10.1. The van der Waals surface area contributed by atoms with Gasteiger partial charge in [-0.15, -0.1) is 0 Å². The summed E-state index contributed by atoms with van der Waals surface area (Å²) in [5.74, 6) is -0.935. The molecule has 2 heteroatoms. The second kappa shape index (κ2) is 5.32. The van der Waals surface area contributed by atoms with Crippen molar-refractivity contribution < 1.29 is 9.90 Å². The third-order valence-electron chi connectivity index (χ3n) is 2.69. The molecule has 1 N–H and O–H groups in total. The monoisotopic (exact) mass is 238 g/mol. The van der Waals surface area contributed by atoms with Crippen molar-refractivity contribution in [2.75, 3.05) is 0 Å². The standard InChI is InChI=1S/C16H14O2/c1-12-5-8-14(9-6-12)15-4-2-3-13(11-15)7-10-16(17)18/h2-11H,1H3,(H,17,18)/b10-7+. The Morgan fingerprint density at radius 1 is 1.06 bits per heavy atom. The SMILES string of the molecule is Cc1ccc(-c2cccc(/C=C/C(=O)O)c2)cc1. The van der Waals surface area contributed by atoms with Crippen LogP contribution in [0.3, 0.4) is 0 Å². The molecule has 0 bridgehead atoms. The smallest absolute Gasteiger partial charge is 0.328 e. The predicted octanol–water partition coefficient (Wildman–Crippen LogP) is 3.76. The van der Waals surface area contributed by atoms with E-state index in [1.807, 2.05) is 24.3 Å². The Kier molecular flexibility index (Phi) is 3.58. The fourth-order valence-electron chi connectivity index (χ4n) is 1.74. The fourth-order valence-corrected chi connectivity index (χ4v) is 1.74. The van der Waals surface area contributed by atoms with Crippen LogP contribution in [0.5, 0.6) is 0 Å². The zero-order valence-corrected chi connectivity index (χ0v) is 10.1. The average molecular weight is 238 g/mol. The maximum absolute atomic E-state index is 10.5. The van der Waals surface area contributed by atoms with Crippen molar-refractivity contribution in [3.05, 3.63) is 65.7 Å². The van der Waals surface area contributed by atoms with Gasteiger partial charge in [0.1, 0.15) is 0 Å². The third-order valence-corrected chi connectivity index (χ3v) is 2.69. The number of carboxylic acid groups (broad SMARTS) is 1. The van der Waals surface area contributed by atoms with Crippen LogP contribution >= 0.6 is 0 Å². The van der Waals surface area contributed by atoms with Gasteiger partial charge in [-0.05, 0) is 35.8 Å². The number of aryl methyl sites for hydroxylation is 1. The van der Waals surface area contributed by atoms with Crippen LogP contribution in [0, 0.1) is 6.92 Å². The van der Waals surface area contributed by atoms with E-state index in [2.05, 4.69) is 31.2 Å². The van der Waals surface area contributed by atoms with Gasteiger partial charge in [-0.2, -0.15) is 0 Å². The first-order chi connectivity index (χ1) is 8.65. The van der Waals surface area contributed by atoms with Gasteiger partial charge in [0.2, 0.25) is 0 Å². The van der Waals surface area contributed by atoms with E-state index in [0.717, 1.165) is 22.8 Å². The quantitative estimate of drug-likeness (QED) is 0.827. The van der Waals surface area contributed by atoms with Gasteiger partial charge in [0, 0.05) is 6.08 Å². The van der Waals surface area contributed by atoms with Gasteiger partial charge in [-0.1, -0.05) is 48.0 Å². The van der Waals surface area contributed by atoms with Crippen LogP contribution in [0.25, 0.3) is 17.2 Å². The van der Waals surface area contributed by atoms with Crippen LogP contribution in [0.1, 0.15) is 11.1 Å². The first kappa shape index (κ1) is 12.1. The molecule has 0 aromatic heterocycles. The fraction of sp³-hybridized carbons (Fsp3) is 0.0625. The van der Waals surface area contributed by atoms with Gasteiger partial charge in [0.15, 0.2) is 0 Å². The summed E-state index contributed by atoms with van der Waals surface area (Å²) in [7, 11) is 0. The first-order valence-electron chi connectivity index (χ1n) is 5.73. The van der Waals surface area contributed by atoms with Crippen molar-refractivity contribution in [3.8, 4) is 11.1 Å². The number of rotatable bonds is 3. The number of benzene rings is 2. The molecule has 0 amide bonds. The normalized spacial score (nSPS) is 10.7. The molecule has 0 saturated carbocycles. The zero-order chi connectivity index (χ0) is 13.0. The summed E-state index contributed by atoms with van der Waals surface area (Å²) in [6.45, 7) is 2.05. The molecule has 2 aromatic rings. The molecule has 0 fully saturated rings. The van der Waals surface area contributed by atoms with E-state index in [4.69, 9.17) is 5.11 Å². The van der Waals surface area contributed by atoms with Crippen molar-refractivity contribution in [3.63, 3.8) is 0 Å². The van der Waals surface area contributed by atoms with Crippen LogP contribution in [-0.4, -0.2) is 11.1 Å². The van der Waals surface area contributed by atoms with E-state index in [1.165, 1.54) is 5.56 Å². The molecule has 0 radical (unpaired) electrons. The van der Waals surface area contributed by atoms with Crippen molar-refractivity contribution in [1.29, 1.82) is 0 Å². The highest BCUT2D eigenvalue weighted by Gasteiger charge is 1.98. The summed E-state index contributed by atoms with van der Waals surface area (Å²) in [5.41, 5.74) is 4.32. The number of aliphatic carboxylic acids is 1. The minimum absolute atomic E-state index is 0.885. The highest BCUT2D eigenvalue weighted by molar-refractivity contribution is 5.85. The maximum atomic E-state index is 10.5. The summed E-state index contributed by atoms with van der Waals surface area (Å²) in [6, 6.07) is 16.1. The Bertz CT molecular complexity index is 580. The highest BCUT2D eigenvalue weighted by Crippen LogP contribution is 2.21. The molecule has 0 aliphatic carbocycles. The summed E-state index contributed by atoms with van der Waals surface area (Å²) in [4.78, 5) is 10.5. The summed E-state index contributed by atoms with van der Waals surface area (Å²) < 4.78 is 0. The lowest BCUT2D eigenvalue weighted by Crippen LogP contribution is -1.86. The Balaban J connectivity index is 2.32. The molecule has 0 atom stereocenters. The molecule has 0 heterocycles. The van der Waals surface area contributed by atoms with Gasteiger partial charge in [-0.25, -0.2) is 4.79 Å². The Morgan fingerprint density at radius 3 is 2.44 bits per heavy atom. The maximum Gasteiger partial charge on any atom is 0.328 e. The van der Waals surface area contributed by atoms with E-state index in [9.17, 15) is 4.79 Å². The van der Waals surface area contributed by atoms with Crippen LogP contribution in [0.15, 0.2) is 54.6 Å². The van der Waals surface area contributed by atoms with Gasteiger partial charge in [0.05, 0.1) is 0 Å². The average Bonchev–Trinajstić information content (AvgIpc) is 2.37. The topological polar surface area (TPSA) is 37.3 Å². The van der Waals surface area contributed by atoms with E-state index in [0.29, 0.717) is 0 Å². The second-order valence-corrected chi connectivity index (χ2v) is 4.16. The molecular formula is C16H14O2. The predicted molar refractivity (Wildman–Crippen MR) is 73.3 cm³/mol. The lowest BCUT2D eigenvalue weighted by molar-refractivity contribution is -0.131. The molecule has 0 spiro atoms. The minimum atomic E-state index is -0.935. The summed E-state index contributed by atoms with van der Waals surface area (Å²) in [5, 5.41) is 8.60. The second-order valence-electron chi connectivity index (χ2n) is 4.16. The summed E-state index contributed by atoms with van der Waals surface area (Å²) in [6.07, 6.45) is 2.74. The van der Waals surface area contributed by atoms with Crippen molar-refractivity contribution in [2.24, 2.45) is 0 Å². The molecule has 0 aliphatic heterocycles. The molecule has 2 aromatic carbocycles. The lowest BCUT2D eigenvalue weighted by atomic mass is 10.0. The van der Waals surface area contributed by atoms with Crippen LogP contribution < -0.4 is 0 Å². The number of hydrogen-bond acceptors (Lipinski definition) is 1. The molecule has 2 rings (SSSR count). The molecule has 2 nitrogen and oxygen atoms in total. The lowest BCUT2D eigenvalue weighted by Gasteiger charge is -2.03. The Labute approximate surface area is 106 Å². The Hall–Kier alpha value is -2.35. The first-order valence-corrected chi connectivity index (χ1v) is 5.73. The van der Waals surface area contributed by atoms with E-state index >= 15 is 0 Å². The number of carbonyl (C=O) groups is 1. The summed E-state index contributed by atoms with van der Waals surface area (Å²) >= 11 is 0. The van der Waals surface area contributed by atoms with Crippen LogP contribution in [0.4, 0.5) is 0 Å². The van der Waals surface area contributed by atoms with E-state index in [1.54, 1.807) is 6.08 Å². The molecular weight excluding hydrogens is 224 g/mol. The van der Waals surface area contributed by atoms with Gasteiger partial charge >= 0.3 is 5.97 Å². The van der Waals surface area contributed by atoms with Crippen molar-refractivity contribution >= 4 is 12.0 Å². The molecule has 90 valence electrons. The van der Waals surface area contributed by atoms with Crippen molar-refractivity contribution in [2.45, 2.75) is 6.92 Å². The van der Waals surface area contributed by atoms with E-state index in [-0.39, 0.29) is 0 Å². The largest absolute Gasteiger partial charge is 0.478 e. The molecule has 0 unspecified atom stereocenters. The van der Waals surface area contributed by atoms with Gasteiger partial charge < -0.3 is 5.11 Å². The van der Waals surface area contributed by atoms with E-state index < -0.39 is 5.97 Å². The number of carboxylic acids is 1. The van der Waals surface area contributed by atoms with Gasteiger partial charge in [-0.3, -0.25) is 0 Å². The third kappa shape index (κ3) is 3.08. The number of hydrogen-bond donors (Lipinski definition) is 1. The highest BCUT2D eigenvalue weighted by atomic mass is 16.4. The molecule has 0 aliphatic rings. The van der Waals surface area contributed by atoms with Crippen LogP contribution in [-0.2, 0) is 4.79 Å². The Morgan fingerprint density at radius 2 is 1.78 bits per heavy atom. The van der Waals surface area contributed by atoms with Gasteiger partial charge in [0.25, 0.3) is 0 Å². The molecule has 0 saturated heterocycles.